The molecule has 58 valence electrons. The van der Waals surface area contributed by atoms with Crippen molar-refractivity contribution in [2.45, 2.75) is 6.42 Å². The fourth-order valence-corrected chi connectivity index (χ4v) is 0.895. The van der Waals surface area contributed by atoms with Gasteiger partial charge in [0.2, 0.25) is 0 Å². The molecule has 0 saturated carbocycles. The van der Waals surface area contributed by atoms with Gasteiger partial charge in [0.15, 0.2) is 0 Å². The van der Waals surface area contributed by atoms with Crippen LogP contribution in [0.3, 0.4) is 0 Å². The summed E-state index contributed by atoms with van der Waals surface area (Å²) in [4.78, 5) is 0. The van der Waals surface area contributed by atoms with Gasteiger partial charge in [0.1, 0.15) is 0 Å². The van der Waals surface area contributed by atoms with Crippen LogP contribution in [0.4, 0.5) is 0 Å². The van der Waals surface area contributed by atoms with Crippen LogP contribution in [0.5, 0.6) is 0 Å². The van der Waals surface area contributed by atoms with Gasteiger partial charge < -0.3 is 4.74 Å². The van der Waals surface area contributed by atoms with Crippen LogP contribution >= 0.6 is 0 Å². The molecule has 0 fully saturated rings. The molecule has 0 heterocycles. The highest BCUT2D eigenvalue weighted by atomic mass is 16.5. The van der Waals surface area contributed by atoms with E-state index in [4.69, 9.17) is 4.74 Å². The smallest absolute Gasteiger partial charge is 0.0788 e. The highest BCUT2D eigenvalue weighted by Crippen LogP contribution is 1.99. The maximum absolute atomic E-state index is 4.78. The van der Waals surface area contributed by atoms with E-state index in [9.17, 15) is 0 Å². The first-order valence-corrected chi connectivity index (χ1v) is 3.65. The zero-order chi connectivity index (χ0) is 7.94. The summed E-state index contributed by atoms with van der Waals surface area (Å²) < 4.78 is 4.78. The lowest BCUT2D eigenvalue weighted by atomic mass is 10.2. The van der Waals surface area contributed by atoms with Gasteiger partial charge >= 0.3 is 0 Å². The zero-order valence-electron chi connectivity index (χ0n) is 6.66. The van der Waals surface area contributed by atoms with E-state index in [-0.39, 0.29) is 0 Å². The van der Waals surface area contributed by atoms with Gasteiger partial charge in [0, 0.05) is 0 Å². The van der Waals surface area contributed by atoms with Crippen LogP contribution in [0.25, 0.3) is 0 Å². The third-order valence-electron chi connectivity index (χ3n) is 1.43. The Hall–Kier alpha value is -1.24. The number of hydrogen-bond donors (Lipinski definition) is 0. The Bertz CT molecular complexity index is 214. The Kier molecular flexibility index (Phi) is 3.26. The molecule has 11 heavy (non-hydrogen) atoms. The van der Waals surface area contributed by atoms with Crippen molar-refractivity contribution in [3.05, 3.63) is 48.2 Å². The molecule has 1 heteroatoms. The average Bonchev–Trinajstić information content (AvgIpc) is 2.07. The van der Waals surface area contributed by atoms with Crippen molar-refractivity contribution in [1.82, 2.24) is 0 Å². The molecule has 0 radical (unpaired) electrons. The zero-order valence-corrected chi connectivity index (χ0v) is 6.66. The number of methoxy groups -OCH3 is 1. The van der Waals surface area contributed by atoms with Crippen molar-refractivity contribution < 1.29 is 4.74 Å². The van der Waals surface area contributed by atoms with Gasteiger partial charge in [-0.1, -0.05) is 30.3 Å². The number of allylic oxidation sites excluding steroid dienone is 1. The highest BCUT2D eigenvalue weighted by molar-refractivity contribution is 5.16. The average molecular weight is 148 g/mol. The fraction of sp³-hybridized carbons (Fsp3) is 0.200. The SMILES string of the molecule is CO/C=C/Cc1ccccc1. The third kappa shape index (κ3) is 2.89. The van der Waals surface area contributed by atoms with E-state index < -0.39 is 0 Å². The molecule has 0 N–H and O–H groups in total. The largest absolute Gasteiger partial charge is 0.505 e. The fourth-order valence-electron chi connectivity index (χ4n) is 0.895. The molecule has 1 aromatic carbocycles. The van der Waals surface area contributed by atoms with Gasteiger partial charge in [-0.25, -0.2) is 0 Å². The molecule has 0 atom stereocenters. The molecule has 0 saturated heterocycles. The van der Waals surface area contributed by atoms with Crippen LogP contribution in [-0.2, 0) is 11.2 Å². The second-order valence-corrected chi connectivity index (χ2v) is 2.30. The molecule has 0 aliphatic heterocycles. The van der Waals surface area contributed by atoms with Crippen LogP contribution in [0.1, 0.15) is 5.56 Å². The summed E-state index contributed by atoms with van der Waals surface area (Å²) in [6.45, 7) is 0. The van der Waals surface area contributed by atoms with Crippen LogP contribution in [-0.4, -0.2) is 7.11 Å². The summed E-state index contributed by atoms with van der Waals surface area (Å²) in [5, 5.41) is 0. The first-order valence-electron chi connectivity index (χ1n) is 3.65. The Labute approximate surface area is 67.3 Å². The predicted molar refractivity (Wildman–Crippen MR) is 46.3 cm³/mol. The van der Waals surface area contributed by atoms with E-state index in [2.05, 4.69) is 12.1 Å². The standard InChI is InChI=1S/C10H12O/c1-11-9-5-8-10-6-3-2-4-7-10/h2-7,9H,8H2,1H3/b9-5+. The van der Waals surface area contributed by atoms with E-state index in [1.54, 1.807) is 13.4 Å². The third-order valence-corrected chi connectivity index (χ3v) is 1.43. The van der Waals surface area contributed by atoms with Crippen LogP contribution < -0.4 is 0 Å². The van der Waals surface area contributed by atoms with Crippen molar-refractivity contribution in [2.24, 2.45) is 0 Å². The van der Waals surface area contributed by atoms with Crippen molar-refractivity contribution in [3.8, 4) is 0 Å². The van der Waals surface area contributed by atoms with Crippen LogP contribution in [0, 0.1) is 0 Å². The van der Waals surface area contributed by atoms with Gasteiger partial charge in [0.25, 0.3) is 0 Å². The van der Waals surface area contributed by atoms with E-state index in [0.717, 1.165) is 6.42 Å². The topological polar surface area (TPSA) is 9.23 Å². The monoisotopic (exact) mass is 148 g/mol. The number of rotatable bonds is 3. The molecule has 0 bridgehead atoms. The summed E-state index contributed by atoms with van der Waals surface area (Å²) in [6.07, 6.45) is 4.64. The minimum Gasteiger partial charge on any atom is -0.505 e. The minimum atomic E-state index is 0.939. The van der Waals surface area contributed by atoms with Crippen molar-refractivity contribution in [2.75, 3.05) is 7.11 Å². The van der Waals surface area contributed by atoms with Gasteiger partial charge in [-0.2, -0.15) is 0 Å². The van der Waals surface area contributed by atoms with Crippen molar-refractivity contribution >= 4 is 0 Å². The van der Waals surface area contributed by atoms with E-state index >= 15 is 0 Å². The van der Waals surface area contributed by atoms with E-state index in [1.165, 1.54) is 5.56 Å². The molecule has 1 rings (SSSR count). The van der Waals surface area contributed by atoms with Gasteiger partial charge in [-0.3, -0.25) is 0 Å². The number of hydrogen-bond acceptors (Lipinski definition) is 1. The molecule has 0 aliphatic rings. The maximum atomic E-state index is 4.78. The lowest BCUT2D eigenvalue weighted by molar-refractivity contribution is 0.337. The molecule has 1 aromatic rings. The lowest BCUT2D eigenvalue weighted by Gasteiger charge is -1.93. The molecule has 0 aromatic heterocycles. The maximum Gasteiger partial charge on any atom is 0.0788 e. The van der Waals surface area contributed by atoms with Crippen LogP contribution in [0.2, 0.25) is 0 Å². The van der Waals surface area contributed by atoms with Gasteiger partial charge in [-0.05, 0) is 18.1 Å². The Morgan fingerprint density at radius 3 is 2.64 bits per heavy atom. The summed E-state index contributed by atoms with van der Waals surface area (Å²) in [5.41, 5.74) is 1.31. The van der Waals surface area contributed by atoms with Crippen molar-refractivity contribution in [1.29, 1.82) is 0 Å². The summed E-state index contributed by atoms with van der Waals surface area (Å²) in [7, 11) is 1.65. The molecular weight excluding hydrogens is 136 g/mol. The Morgan fingerprint density at radius 2 is 2.00 bits per heavy atom. The second-order valence-electron chi connectivity index (χ2n) is 2.30. The molecule has 0 aliphatic carbocycles. The molecular formula is C10H12O. The van der Waals surface area contributed by atoms with Crippen molar-refractivity contribution in [3.63, 3.8) is 0 Å². The molecule has 1 nitrogen and oxygen atoms in total. The summed E-state index contributed by atoms with van der Waals surface area (Å²) in [6, 6.07) is 10.3. The number of benzene rings is 1. The minimum absolute atomic E-state index is 0.939. The Morgan fingerprint density at radius 1 is 1.27 bits per heavy atom. The molecule has 0 spiro atoms. The molecule has 0 unspecified atom stereocenters. The predicted octanol–water partition coefficient (Wildman–Crippen LogP) is 2.39. The number of ether oxygens (including phenoxy) is 1. The normalized spacial score (nSPS) is 10.3. The first-order chi connectivity index (χ1) is 5.43. The second kappa shape index (κ2) is 4.56. The quantitative estimate of drug-likeness (QED) is 0.598. The van der Waals surface area contributed by atoms with E-state index in [0.29, 0.717) is 0 Å². The lowest BCUT2D eigenvalue weighted by Crippen LogP contribution is -1.78. The van der Waals surface area contributed by atoms with Crippen LogP contribution in [0.15, 0.2) is 42.7 Å². The summed E-state index contributed by atoms with van der Waals surface area (Å²) >= 11 is 0. The highest BCUT2D eigenvalue weighted by Gasteiger charge is 1.84. The summed E-state index contributed by atoms with van der Waals surface area (Å²) in [5.74, 6) is 0. The Balaban J connectivity index is 2.45. The van der Waals surface area contributed by atoms with Gasteiger partial charge in [-0.15, -0.1) is 0 Å². The van der Waals surface area contributed by atoms with Gasteiger partial charge in [0.05, 0.1) is 13.4 Å². The van der Waals surface area contributed by atoms with E-state index in [1.807, 2.05) is 24.3 Å². The first kappa shape index (κ1) is 7.86. The molecule has 0 amide bonds.